The zero-order valence-electron chi connectivity index (χ0n) is 11.6. The van der Waals surface area contributed by atoms with Crippen molar-refractivity contribution in [3.05, 3.63) is 64.9 Å². The number of hydrogen-bond donors (Lipinski definition) is 0. The predicted octanol–water partition coefficient (Wildman–Crippen LogP) is 3.96. The number of aromatic nitrogens is 1. The molecule has 20 heavy (non-hydrogen) atoms. The van der Waals surface area contributed by atoms with Crippen LogP contribution in [-0.2, 0) is 10.4 Å². The highest BCUT2D eigenvalue weighted by Crippen LogP contribution is 2.45. The number of pyridine rings is 1. The van der Waals surface area contributed by atoms with Crippen molar-refractivity contribution in [2.24, 2.45) is 0 Å². The van der Waals surface area contributed by atoms with Crippen LogP contribution in [0.25, 0.3) is 0 Å². The Balaban J connectivity index is 1.89. The lowest BCUT2D eigenvalue weighted by Crippen LogP contribution is -2.34. The zero-order chi connectivity index (χ0) is 14.2. The summed E-state index contributed by atoms with van der Waals surface area (Å²) in [5.74, 6) is 0. The maximum Gasteiger partial charge on any atom is 0.107 e. The van der Waals surface area contributed by atoms with E-state index < -0.39 is 0 Å². The minimum Gasteiger partial charge on any atom is -0.290 e. The summed E-state index contributed by atoms with van der Waals surface area (Å²) in [6.45, 7) is 2.19. The van der Waals surface area contributed by atoms with Crippen LogP contribution >= 0.6 is 11.6 Å². The predicted molar refractivity (Wildman–Crippen MR) is 79.2 cm³/mol. The molecule has 0 bridgehead atoms. The molecule has 0 N–H and O–H groups in total. The minimum absolute atomic E-state index is 0.0590. The molecule has 1 aromatic carbocycles. The van der Waals surface area contributed by atoms with Crippen molar-refractivity contribution < 1.29 is 4.84 Å². The van der Waals surface area contributed by atoms with Crippen LogP contribution in [0.3, 0.4) is 0 Å². The van der Waals surface area contributed by atoms with Gasteiger partial charge in [-0.1, -0.05) is 23.7 Å². The van der Waals surface area contributed by atoms with Gasteiger partial charge in [-0.3, -0.25) is 9.82 Å². The van der Waals surface area contributed by atoms with Gasteiger partial charge in [0.05, 0.1) is 5.54 Å². The first-order valence-electron chi connectivity index (χ1n) is 6.66. The summed E-state index contributed by atoms with van der Waals surface area (Å²) in [5, 5.41) is 2.70. The van der Waals surface area contributed by atoms with Crippen LogP contribution in [0.5, 0.6) is 0 Å². The molecule has 2 aromatic rings. The van der Waals surface area contributed by atoms with Gasteiger partial charge in [-0.15, -0.1) is 0 Å². The molecule has 0 radical (unpaired) electrons. The summed E-state index contributed by atoms with van der Waals surface area (Å²) >= 11 is 5.97. The zero-order valence-corrected chi connectivity index (χ0v) is 12.3. The van der Waals surface area contributed by atoms with Crippen molar-refractivity contribution in [1.82, 2.24) is 10.0 Å². The monoisotopic (exact) mass is 288 g/mol. The number of halogens is 1. The second kappa shape index (κ2) is 5.17. The number of hydrogen-bond acceptors (Lipinski definition) is 3. The molecule has 1 aromatic heterocycles. The Morgan fingerprint density at radius 2 is 1.85 bits per heavy atom. The first kappa shape index (κ1) is 13.6. The Bertz CT molecular complexity index is 587. The Kier molecular flexibility index (Phi) is 3.50. The molecular weight excluding hydrogens is 272 g/mol. The average molecular weight is 289 g/mol. The Morgan fingerprint density at radius 3 is 2.50 bits per heavy atom. The number of benzene rings is 1. The van der Waals surface area contributed by atoms with Crippen molar-refractivity contribution in [3.63, 3.8) is 0 Å². The third-order valence-electron chi connectivity index (χ3n) is 4.11. The smallest absolute Gasteiger partial charge is 0.107 e. The lowest BCUT2D eigenvalue weighted by Gasteiger charge is -2.30. The van der Waals surface area contributed by atoms with E-state index in [1.807, 2.05) is 36.4 Å². The molecule has 1 aliphatic heterocycles. The molecular formula is C16H17ClN2O. The quantitative estimate of drug-likeness (QED) is 0.836. The largest absolute Gasteiger partial charge is 0.290 e. The van der Waals surface area contributed by atoms with Gasteiger partial charge in [-0.05, 0) is 42.3 Å². The molecule has 104 valence electrons. The second-order valence-electron chi connectivity index (χ2n) is 5.36. The summed E-state index contributed by atoms with van der Waals surface area (Å²) in [4.78, 5) is 10.1. The van der Waals surface area contributed by atoms with E-state index >= 15 is 0 Å². The van der Waals surface area contributed by atoms with Gasteiger partial charge in [0.25, 0.3) is 0 Å². The highest BCUT2D eigenvalue weighted by molar-refractivity contribution is 6.30. The van der Waals surface area contributed by atoms with Crippen LogP contribution in [0.2, 0.25) is 5.02 Å². The molecule has 0 spiro atoms. The molecule has 1 aliphatic rings. The average Bonchev–Trinajstić information content (AvgIpc) is 2.78. The molecule has 2 heterocycles. The first-order valence-corrected chi connectivity index (χ1v) is 7.04. The van der Waals surface area contributed by atoms with E-state index in [1.54, 1.807) is 12.4 Å². The van der Waals surface area contributed by atoms with E-state index in [0.717, 1.165) is 17.0 Å². The molecule has 1 saturated heterocycles. The van der Waals surface area contributed by atoms with Gasteiger partial charge in [0.2, 0.25) is 0 Å². The summed E-state index contributed by atoms with van der Waals surface area (Å²) in [6.07, 6.45) is 4.56. The Hall–Kier alpha value is -1.42. The van der Waals surface area contributed by atoms with Crippen molar-refractivity contribution in [3.8, 4) is 0 Å². The third-order valence-corrected chi connectivity index (χ3v) is 4.36. The van der Waals surface area contributed by atoms with Crippen LogP contribution in [-0.4, -0.2) is 17.1 Å². The van der Waals surface area contributed by atoms with Crippen molar-refractivity contribution in [2.45, 2.75) is 25.0 Å². The van der Waals surface area contributed by atoms with Crippen molar-refractivity contribution in [1.29, 1.82) is 0 Å². The molecule has 3 nitrogen and oxygen atoms in total. The molecule has 2 atom stereocenters. The van der Waals surface area contributed by atoms with Crippen LogP contribution in [0.4, 0.5) is 0 Å². The van der Waals surface area contributed by atoms with Crippen LogP contribution < -0.4 is 0 Å². The molecule has 2 unspecified atom stereocenters. The van der Waals surface area contributed by atoms with Gasteiger partial charge in [0.1, 0.15) is 6.10 Å². The first-order chi connectivity index (χ1) is 9.59. The highest BCUT2D eigenvalue weighted by Gasteiger charge is 2.43. The van der Waals surface area contributed by atoms with Gasteiger partial charge in [-0.25, -0.2) is 0 Å². The van der Waals surface area contributed by atoms with E-state index in [2.05, 4.69) is 24.0 Å². The standard InChI is InChI=1S/C16H17ClN2O/c1-16(13-3-5-14(17)6-4-13)11-15(20-19(16)2)12-7-9-18-10-8-12/h3-10,15H,11H2,1-2H3. The third kappa shape index (κ3) is 2.33. The van der Waals surface area contributed by atoms with E-state index in [0.29, 0.717) is 0 Å². The fraction of sp³-hybridized carbons (Fsp3) is 0.312. The molecule has 1 fully saturated rings. The molecule has 0 aliphatic carbocycles. The Labute approximate surface area is 124 Å². The molecule has 0 amide bonds. The maximum atomic E-state index is 6.02. The summed E-state index contributed by atoms with van der Waals surface area (Å²) in [5.41, 5.74) is 2.21. The lowest BCUT2D eigenvalue weighted by molar-refractivity contribution is -0.169. The van der Waals surface area contributed by atoms with Gasteiger partial charge >= 0.3 is 0 Å². The number of rotatable bonds is 2. The van der Waals surface area contributed by atoms with E-state index in [4.69, 9.17) is 16.4 Å². The Morgan fingerprint density at radius 1 is 1.20 bits per heavy atom. The lowest BCUT2D eigenvalue weighted by atomic mass is 9.86. The van der Waals surface area contributed by atoms with E-state index in [9.17, 15) is 0 Å². The molecule has 3 rings (SSSR count). The van der Waals surface area contributed by atoms with Crippen molar-refractivity contribution >= 4 is 11.6 Å². The fourth-order valence-electron chi connectivity index (χ4n) is 2.70. The van der Waals surface area contributed by atoms with Gasteiger partial charge < -0.3 is 0 Å². The SMILES string of the molecule is CN1OC(c2ccncc2)CC1(C)c1ccc(Cl)cc1. The normalized spacial score (nSPS) is 26.9. The summed E-state index contributed by atoms with van der Waals surface area (Å²) < 4.78 is 0. The number of nitrogens with zero attached hydrogens (tertiary/aromatic N) is 2. The number of hydroxylamine groups is 2. The summed E-state index contributed by atoms with van der Waals surface area (Å²) in [6, 6.07) is 12.0. The van der Waals surface area contributed by atoms with Gasteiger partial charge in [0.15, 0.2) is 0 Å². The van der Waals surface area contributed by atoms with E-state index in [-0.39, 0.29) is 11.6 Å². The van der Waals surface area contributed by atoms with Crippen LogP contribution in [0, 0.1) is 0 Å². The summed E-state index contributed by atoms with van der Waals surface area (Å²) in [7, 11) is 1.98. The second-order valence-corrected chi connectivity index (χ2v) is 5.79. The fourth-order valence-corrected chi connectivity index (χ4v) is 2.83. The van der Waals surface area contributed by atoms with Crippen LogP contribution in [0.15, 0.2) is 48.8 Å². The topological polar surface area (TPSA) is 25.4 Å². The maximum absolute atomic E-state index is 6.02. The van der Waals surface area contributed by atoms with Gasteiger partial charge in [-0.2, -0.15) is 5.06 Å². The van der Waals surface area contributed by atoms with Crippen LogP contribution in [0.1, 0.15) is 30.6 Å². The van der Waals surface area contributed by atoms with Gasteiger partial charge in [0, 0.05) is 30.9 Å². The minimum atomic E-state index is -0.154. The van der Waals surface area contributed by atoms with E-state index in [1.165, 1.54) is 5.56 Å². The van der Waals surface area contributed by atoms with Crippen molar-refractivity contribution in [2.75, 3.05) is 7.05 Å². The molecule has 4 heteroatoms. The highest BCUT2D eigenvalue weighted by atomic mass is 35.5. The molecule has 0 saturated carbocycles.